The molecule has 2 aromatic heterocycles. The van der Waals surface area contributed by atoms with Gasteiger partial charge >= 0.3 is 0 Å². The number of hydrogen-bond acceptors (Lipinski definition) is 4. The fourth-order valence-corrected chi connectivity index (χ4v) is 4.18. The molecule has 1 aliphatic rings. The van der Waals surface area contributed by atoms with Gasteiger partial charge in [-0.15, -0.1) is 11.3 Å². The third kappa shape index (κ3) is 3.55. The Morgan fingerprint density at radius 1 is 1.48 bits per heavy atom. The van der Waals surface area contributed by atoms with Crippen molar-refractivity contribution >= 4 is 23.5 Å². The molecule has 2 aromatic rings. The van der Waals surface area contributed by atoms with Gasteiger partial charge in [0.2, 0.25) is 0 Å². The van der Waals surface area contributed by atoms with Gasteiger partial charge < -0.3 is 4.42 Å². The Morgan fingerprint density at radius 2 is 2.30 bits per heavy atom. The molecular weight excluding hydrogens is 308 g/mol. The normalized spacial score (nSPS) is 18.1. The zero-order valence-electron chi connectivity index (χ0n) is 13.8. The largest absolute Gasteiger partial charge is 0.463 e. The molecule has 23 heavy (non-hydrogen) atoms. The molecule has 1 unspecified atom stereocenters. The molecule has 122 valence electrons. The average molecular weight is 330 g/mol. The minimum absolute atomic E-state index is 0.139. The number of carbonyl (C=O) groups is 1. The van der Waals surface area contributed by atoms with Crippen LogP contribution in [0.5, 0.6) is 0 Å². The predicted molar refractivity (Wildman–Crippen MR) is 93.1 cm³/mol. The SMILES string of the molecule is CC(C)(C)C1CCc2c(C(=O)N/N=C/c3ccco3)csc2C1. The molecule has 3 rings (SSSR count). The van der Waals surface area contributed by atoms with E-state index in [0.717, 1.165) is 24.8 Å². The number of hydrazone groups is 1. The Balaban J connectivity index is 1.68. The number of carbonyl (C=O) groups excluding carboxylic acids is 1. The molecule has 1 aliphatic carbocycles. The van der Waals surface area contributed by atoms with Crippen LogP contribution < -0.4 is 5.43 Å². The summed E-state index contributed by atoms with van der Waals surface area (Å²) in [6.45, 7) is 6.90. The highest BCUT2D eigenvalue weighted by molar-refractivity contribution is 7.10. The monoisotopic (exact) mass is 330 g/mol. The number of thiophene rings is 1. The Morgan fingerprint density at radius 3 is 3.00 bits per heavy atom. The summed E-state index contributed by atoms with van der Waals surface area (Å²) >= 11 is 1.70. The number of hydrogen-bond donors (Lipinski definition) is 1. The zero-order valence-corrected chi connectivity index (χ0v) is 14.6. The van der Waals surface area contributed by atoms with Crippen molar-refractivity contribution in [3.8, 4) is 0 Å². The van der Waals surface area contributed by atoms with Gasteiger partial charge in [0.1, 0.15) is 5.76 Å². The van der Waals surface area contributed by atoms with E-state index in [0.29, 0.717) is 17.1 Å². The molecule has 2 heterocycles. The van der Waals surface area contributed by atoms with Crippen molar-refractivity contribution in [1.82, 2.24) is 5.43 Å². The van der Waals surface area contributed by atoms with Gasteiger partial charge in [-0.3, -0.25) is 4.79 Å². The molecule has 0 fully saturated rings. The lowest BCUT2D eigenvalue weighted by Crippen LogP contribution is -2.27. The Bertz CT molecular complexity index is 708. The maximum atomic E-state index is 12.3. The van der Waals surface area contributed by atoms with Gasteiger partial charge in [0.05, 0.1) is 18.0 Å². The molecule has 1 N–H and O–H groups in total. The first-order valence-corrected chi connectivity index (χ1v) is 8.79. The first-order chi connectivity index (χ1) is 10.9. The van der Waals surface area contributed by atoms with Gasteiger partial charge in [-0.2, -0.15) is 5.10 Å². The number of nitrogens with one attached hydrogen (secondary N) is 1. The maximum absolute atomic E-state index is 12.3. The molecule has 0 saturated heterocycles. The Kier molecular flexibility index (Phi) is 4.39. The number of rotatable bonds is 3. The lowest BCUT2D eigenvalue weighted by molar-refractivity contribution is 0.0954. The van der Waals surface area contributed by atoms with Crippen LogP contribution in [0.1, 0.15) is 53.8 Å². The summed E-state index contributed by atoms with van der Waals surface area (Å²) in [4.78, 5) is 13.7. The van der Waals surface area contributed by atoms with Crippen LogP contribution in [0.15, 0.2) is 33.3 Å². The molecule has 0 bridgehead atoms. The molecule has 0 aromatic carbocycles. The third-order valence-corrected chi connectivity index (χ3v) is 5.58. The first kappa shape index (κ1) is 16.0. The highest BCUT2D eigenvalue weighted by atomic mass is 32.1. The minimum atomic E-state index is -0.139. The van der Waals surface area contributed by atoms with E-state index in [1.165, 1.54) is 16.7 Å². The van der Waals surface area contributed by atoms with Gasteiger partial charge in [0.25, 0.3) is 5.91 Å². The van der Waals surface area contributed by atoms with Gasteiger partial charge in [0.15, 0.2) is 0 Å². The molecule has 0 spiro atoms. The van der Waals surface area contributed by atoms with Crippen molar-refractivity contribution in [3.05, 3.63) is 45.5 Å². The predicted octanol–water partition coefficient (Wildman–Crippen LogP) is 4.26. The molecule has 5 heteroatoms. The van der Waals surface area contributed by atoms with Crippen molar-refractivity contribution in [1.29, 1.82) is 0 Å². The van der Waals surface area contributed by atoms with Crippen molar-refractivity contribution in [3.63, 3.8) is 0 Å². The molecule has 0 aliphatic heterocycles. The van der Waals surface area contributed by atoms with E-state index in [9.17, 15) is 4.79 Å². The summed E-state index contributed by atoms with van der Waals surface area (Å²) in [5, 5.41) is 5.92. The highest BCUT2D eigenvalue weighted by Crippen LogP contribution is 2.40. The highest BCUT2D eigenvalue weighted by Gasteiger charge is 2.31. The molecular formula is C18H22N2O2S. The van der Waals surface area contributed by atoms with Crippen molar-refractivity contribution in [2.75, 3.05) is 0 Å². The standard InChI is InChI=1S/C18H22N2O2S/c1-18(2,3)12-6-7-14-15(11-23-16(14)9-12)17(21)20-19-10-13-5-4-8-22-13/h4-5,8,10-12H,6-7,9H2,1-3H3,(H,20,21)/b19-10+. The van der Waals surface area contributed by atoms with Crippen LogP contribution in [-0.4, -0.2) is 12.1 Å². The Labute approximate surface area is 140 Å². The topological polar surface area (TPSA) is 54.6 Å². The second kappa shape index (κ2) is 6.32. The van der Waals surface area contributed by atoms with Gasteiger partial charge in [0, 0.05) is 10.3 Å². The molecule has 0 saturated carbocycles. The van der Waals surface area contributed by atoms with Gasteiger partial charge in [-0.05, 0) is 48.3 Å². The number of furan rings is 1. The fourth-order valence-electron chi connectivity index (χ4n) is 3.02. The quantitative estimate of drug-likeness (QED) is 0.675. The average Bonchev–Trinajstić information content (AvgIpc) is 3.14. The summed E-state index contributed by atoms with van der Waals surface area (Å²) in [6, 6.07) is 3.57. The molecule has 0 radical (unpaired) electrons. The molecule has 1 atom stereocenters. The van der Waals surface area contributed by atoms with E-state index < -0.39 is 0 Å². The van der Waals surface area contributed by atoms with Gasteiger partial charge in [-0.1, -0.05) is 20.8 Å². The Hall–Kier alpha value is -1.88. The second-order valence-electron chi connectivity index (χ2n) is 7.07. The van der Waals surface area contributed by atoms with E-state index in [-0.39, 0.29) is 5.91 Å². The van der Waals surface area contributed by atoms with E-state index >= 15 is 0 Å². The summed E-state index contributed by atoms with van der Waals surface area (Å²) in [7, 11) is 0. The van der Waals surface area contributed by atoms with E-state index in [2.05, 4.69) is 31.3 Å². The van der Waals surface area contributed by atoms with Crippen LogP contribution in [-0.2, 0) is 12.8 Å². The molecule has 1 amide bonds. The first-order valence-electron chi connectivity index (χ1n) is 7.91. The van der Waals surface area contributed by atoms with Crippen molar-refractivity contribution in [2.24, 2.45) is 16.4 Å². The summed E-state index contributed by atoms with van der Waals surface area (Å²) in [5.41, 5.74) is 4.89. The van der Waals surface area contributed by atoms with Crippen LogP contribution in [0.2, 0.25) is 0 Å². The molecule has 4 nitrogen and oxygen atoms in total. The summed E-state index contributed by atoms with van der Waals surface area (Å²) in [5.74, 6) is 1.16. The maximum Gasteiger partial charge on any atom is 0.272 e. The van der Waals surface area contributed by atoms with Crippen LogP contribution >= 0.6 is 11.3 Å². The van der Waals surface area contributed by atoms with Crippen LogP contribution in [0.4, 0.5) is 0 Å². The lowest BCUT2D eigenvalue weighted by atomic mass is 9.72. The minimum Gasteiger partial charge on any atom is -0.463 e. The number of amides is 1. The van der Waals surface area contributed by atoms with Gasteiger partial charge in [-0.25, -0.2) is 5.43 Å². The summed E-state index contributed by atoms with van der Waals surface area (Å²) in [6.07, 6.45) is 6.28. The fraction of sp³-hybridized carbons (Fsp3) is 0.444. The smallest absolute Gasteiger partial charge is 0.272 e. The summed E-state index contributed by atoms with van der Waals surface area (Å²) < 4.78 is 5.14. The van der Waals surface area contributed by atoms with E-state index in [4.69, 9.17) is 4.42 Å². The van der Waals surface area contributed by atoms with E-state index in [1.807, 2.05) is 5.38 Å². The third-order valence-electron chi connectivity index (χ3n) is 4.53. The zero-order chi connectivity index (χ0) is 16.4. The van der Waals surface area contributed by atoms with Crippen LogP contribution in [0.25, 0.3) is 0 Å². The lowest BCUT2D eigenvalue weighted by Gasteiger charge is -2.33. The van der Waals surface area contributed by atoms with Crippen molar-refractivity contribution in [2.45, 2.75) is 40.0 Å². The number of nitrogens with zero attached hydrogens (tertiary/aromatic N) is 1. The second-order valence-corrected chi connectivity index (χ2v) is 8.04. The van der Waals surface area contributed by atoms with Crippen molar-refractivity contribution < 1.29 is 9.21 Å². The van der Waals surface area contributed by atoms with Crippen LogP contribution in [0, 0.1) is 11.3 Å². The van der Waals surface area contributed by atoms with Crippen LogP contribution in [0.3, 0.4) is 0 Å². The van der Waals surface area contributed by atoms with E-state index in [1.54, 1.807) is 29.7 Å². The number of fused-ring (bicyclic) bond motifs is 1.